The quantitative estimate of drug-likeness (QED) is 0.0341. The summed E-state index contributed by atoms with van der Waals surface area (Å²) in [7, 11) is 0. The average molecular weight is 722 g/mol. The summed E-state index contributed by atoms with van der Waals surface area (Å²) in [4.78, 5) is 31.4. The Morgan fingerprint density at radius 2 is 0.900 bits per heavy atom. The van der Waals surface area contributed by atoms with Gasteiger partial charge in [0, 0.05) is 18.7 Å². The van der Waals surface area contributed by atoms with Crippen LogP contribution in [0.2, 0.25) is 0 Å². The summed E-state index contributed by atoms with van der Waals surface area (Å²) >= 11 is 0. The van der Waals surface area contributed by atoms with E-state index in [9.17, 15) is 25.0 Å². The van der Waals surface area contributed by atoms with Gasteiger partial charge in [0.25, 0.3) is 11.4 Å². The van der Waals surface area contributed by atoms with E-state index in [-0.39, 0.29) is 36.8 Å². The predicted molar refractivity (Wildman–Crippen MR) is 178 cm³/mol. The minimum Gasteiger partial charge on any atom is -0.460 e. The molecule has 0 aliphatic rings. The number of esters is 1. The molecule has 1 aromatic carbocycles. The molecule has 0 spiro atoms. The molecule has 1 rings (SSSR count). The van der Waals surface area contributed by atoms with E-state index in [0.29, 0.717) is 126 Å². The smallest absolute Gasteiger partial charge is 0.330 e. The van der Waals surface area contributed by atoms with Crippen molar-refractivity contribution in [1.82, 2.24) is 0 Å². The van der Waals surface area contributed by atoms with Crippen LogP contribution in [0.1, 0.15) is 0 Å². The monoisotopic (exact) mass is 721 g/mol. The summed E-state index contributed by atoms with van der Waals surface area (Å²) < 4.78 is 58.9. The summed E-state index contributed by atoms with van der Waals surface area (Å²) in [5.74, 6) is -0.472. The van der Waals surface area contributed by atoms with Gasteiger partial charge in [0.1, 0.15) is 12.3 Å². The summed E-state index contributed by atoms with van der Waals surface area (Å²) in [6.07, 6.45) is 1.10. The minimum atomic E-state index is -0.685. The highest BCUT2D eigenvalue weighted by Gasteiger charge is 2.19. The molecule has 50 heavy (non-hydrogen) atoms. The number of nitrogens with zero attached hydrogens (tertiary/aromatic N) is 2. The molecule has 0 heterocycles. The molecule has 0 aliphatic carbocycles. The second-order valence-electron chi connectivity index (χ2n) is 9.64. The number of benzene rings is 1. The van der Waals surface area contributed by atoms with Gasteiger partial charge in [0.15, 0.2) is 0 Å². The van der Waals surface area contributed by atoms with Gasteiger partial charge < -0.3 is 57.4 Å². The van der Waals surface area contributed by atoms with Crippen LogP contribution in [0, 0.1) is 20.2 Å². The number of hydrogen-bond donors (Lipinski definition) is 1. The summed E-state index contributed by atoms with van der Waals surface area (Å²) in [5.41, 5.74) is -0.539. The van der Waals surface area contributed by atoms with E-state index in [1.54, 1.807) is 0 Å². The first-order chi connectivity index (χ1) is 24.5. The lowest BCUT2D eigenvalue weighted by atomic mass is 10.2. The number of nitrogens with one attached hydrogen (secondary N) is 1. The van der Waals surface area contributed by atoms with E-state index in [1.165, 1.54) is 12.1 Å². The van der Waals surface area contributed by atoms with Crippen molar-refractivity contribution in [2.24, 2.45) is 0 Å². The lowest BCUT2D eigenvalue weighted by molar-refractivity contribution is -0.393. The highest BCUT2D eigenvalue weighted by atomic mass is 16.6. The van der Waals surface area contributed by atoms with E-state index in [4.69, 9.17) is 52.1 Å². The standard InChI is InChI=1S/C31H51N3O16/c1-2-31(35)50-26-25-49-24-23-48-22-21-47-20-19-46-18-17-45-16-15-44-14-13-43-12-11-42-10-9-41-8-7-40-6-5-32-29-4-3-28(33(36)37)27-30(29)34(38)39/h2-4,27,32H,1,5-26H2. The fourth-order valence-corrected chi connectivity index (χ4v) is 3.53. The molecule has 0 saturated carbocycles. The molecular weight excluding hydrogens is 670 g/mol. The minimum absolute atomic E-state index is 0.181. The fraction of sp³-hybridized carbons (Fsp3) is 0.710. The molecule has 0 atom stereocenters. The van der Waals surface area contributed by atoms with Crippen LogP contribution >= 0.6 is 0 Å². The van der Waals surface area contributed by atoms with Crippen LogP contribution in [-0.2, 0) is 56.9 Å². The van der Waals surface area contributed by atoms with Gasteiger partial charge in [0.2, 0.25) is 0 Å². The third-order valence-corrected chi connectivity index (χ3v) is 5.94. The van der Waals surface area contributed by atoms with Crippen LogP contribution in [0.5, 0.6) is 0 Å². The van der Waals surface area contributed by atoms with Gasteiger partial charge in [-0.25, -0.2) is 4.79 Å². The average Bonchev–Trinajstić information content (AvgIpc) is 3.11. The van der Waals surface area contributed by atoms with Crippen molar-refractivity contribution in [3.8, 4) is 0 Å². The van der Waals surface area contributed by atoms with Gasteiger partial charge in [-0.1, -0.05) is 6.58 Å². The van der Waals surface area contributed by atoms with Crippen LogP contribution in [0.4, 0.5) is 17.1 Å². The number of non-ortho nitro benzene ring substituents is 1. The van der Waals surface area contributed by atoms with E-state index >= 15 is 0 Å². The van der Waals surface area contributed by atoms with Crippen LogP contribution in [0.15, 0.2) is 30.9 Å². The van der Waals surface area contributed by atoms with Crippen LogP contribution in [-0.4, -0.2) is 161 Å². The maximum absolute atomic E-state index is 11.1. The van der Waals surface area contributed by atoms with E-state index in [2.05, 4.69) is 11.9 Å². The van der Waals surface area contributed by atoms with Gasteiger partial charge in [0.05, 0.1) is 148 Å². The Bertz CT molecular complexity index is 1040. The molecule has 19 heteroatoms. The zero-order valence-electron chi connectivity index (χ0n) is 28.5. The molecule has 0 radical (unpaired) electrons. The molecule has 286 valence electrons. The third kappa shape index (κ3) is 26.5. The number of carbonyl (C=O) groups is 1. The third-order valence-electron chi connectivity index (χ3n) is 5.94. The first-order valence-electron chi connectivity index (χ1n) is 16.2. The van der Waals surface area contributed by atoms with Crippen molar-refractivity contribution >= 4 is 23.0 Å². The number of ether oxygens (including phenoxy) is 11. The zero-order valence-corrected chi connectivity index (χ0v) is 28.5. The maximum Gasteiger partial charge on any atom is 0.330 e. The van der Waals surface area contributed by atoms with Crippen LogP contribution in [0.25, 0.3) is 0 Å². The Morgan fingerprint density at radius 1 is 0.560 bits per heavy atom. The topological polar surface area (TPSA) is 217 Å². The summed E-state index contributed by atoms with van der Waals surface area (Å²) in [6, 6.07) is 3.42. The number of anilines is 1. The molecule has 0 aliphatic heterocycles. The number of nitro groups is 2. The number of hydrogen-bond acceptors (Lipinski definition) is 17. The van der Waals surface area contributed by atoms with Crippen molar-refractivity contribution in [1.29, 1.82) is 0 Å². The molecule has 1 N–H and O–H groups in total. The molecule has 0 fully saturated rings. The van der Waals surface area contributed by atoms with Gasteiger partial charge in [-0.15, -0.1) is 0 Å². The molecule has 19 nitrogen and oxygen atoms in total. The van der Waals surface area contributed by atoms with Crippen molar-refractivity contribution in [3.63, 3.8) is 0 Å². The Morgan fingerprint density at radius 3 is 1.22 bits per heavy atom. The lowest BCUT2D eigenvalue weighted by Gasteiger charge is -2.09. The largest absolute Gasteiger partial charge is 0.460 e. The molecule has 0 amide bonds. The normalized spacial score (nSPS) is 11.0. The van der Waals surface area contributed by atoms with E-state index in [0.717, 1.165) is 12.1 Å². The molecule has 0 saturated heterocycles. The summed E-state index contributed by atoms with van der Waals surface area (Å²) in [6.45, 7) is 12.1. The Labute approximate surface area is 291 Å². The van der Waals surface area contributed by atoms with E-state index in [1.807, 2.05) is 0 Å². The lowest BCUT2D eigenvalue weighted by Crippen LogP contribution is -2.16. The SMILES string of the molecule is C=CC(=O)OCCOCCOCCOCCOCCOCCOCCOCCOCCOCCOCCNc1ccc([N+](=O)[O-])cc1[N+](=O)[O-]. The molecular formula is C31H51N3O16. The predicted octanol–water partition coefficient (Wildman–Crippen LogP) is 1.81. The number of carbonyl (C=O) groups excluding carboxylic acids is 1. The van der Waals surface area contributed by atoms with Crippen LogP contribution in [0.3, 0.4) is 0 Å². The van der Waals surface area contributed by atoms with Crippen molar-refractivity contribution in [2.75, 3.05) is 151 Å². The Balaban J connectivity index is 1.72. The van der Waals surface area contributed by atoms with Gasteiger partial charge >= 0.3 is 5.97 Å². The second-order valence-corrected chi connectivity index (χ2v) is 9.64. The van der Waals surface area contributed by atoms with Gasteiger partial charge in [-0.2, -0.15) is 0 Å². The van der Waals surface area contributed by atoms with Crippen molar-refractivity contribution in [2.45, 2.75) is 0 Å². The van der Waals surface area contributed by atoms with Crippen LogP contribution < -0.4 is 5.32 Å². The van der Waals surface area contributed by atoms with Crippen molar-refractivity contribution < 1.29 is 66.7 Å². The maximum atomic E-state index is 11.1. The molecule has 0 unspecified atom stereocenters. The Kier molecular flexibility index (Phi) is 29.3. The first-order valence-corrected chi connectivity index (χ1v) is 16.2. The first kappa shape index (κ1) is 44.7. The highest BCUT2D eigenvalue weighted by molar-refractivity contribution is 5.81. The number of rotatable bonds is 37. The van der Waals surface area contributed by atoms with Gasteiger partial charge in [-0.3, -0.25) is 20.2 Å². The summed E-state index contributed by atoms with van der Waals surface area (Å²) in [5, 5.41) is 24.8. The van der Waals surface area contributed by atoms with Crippen molar-refractivity contribution in [3.05, 3.63) is 51.1 Å². The number of nitro benzene ring substituents is 2. The molecule has 0 bridgehead atoms. The molecule has 0 aromatic heterocycles. The second kappa shape index (κ2) is 32.8. The molecule has 1 aromatic rings. The van der Waals surface area contributed by atoms with E-state index < -0.39 is 15.8 Å². The highest BCUT2D eigenvalue weighted by Crippen LogP contribution is 2.28. The zero-order chi connectivity index (χ0) is 36.3. The van der Waals surface area contributed by atoms with Gasteiger partial charge in [-0.05, 0) is 6.07 Å². The fourth-order valence-electron chi connectivity index (χ4n) is 3.53. The Hall–Kier alpha value is -3.37.